The molecule has 0 radical (unpaired) electrons. The number of amides is 1. The topological polar surface area (TPSA) is 25.2 Å². The number of aromatic nitrogens is 1. The fourth-order valence-corrected chi connectivity index (χ4v) is 2.93. The number of aryl methyl sites for hydroxylation is 1. The molecule has 3 rings (SSSR count). The van der Waals surface area contributed by atoms with Crippen molar-refractivity contribution in [1.29, 1.82) is 0 Å². The highest BCUT2D eigenvalue weighted by atomic mass is 19.1. The molecule has 0 saturated carbocycles. The lowest BCUT2D eigenvalue weighted by atomic mass is 10.1. The number of benzene rings is 1. The molecule has 2 heterocycles. The second-order valence-electron chi connectivity index (χ2n) is 5.21. The van der Waals surface area contributed by atoms with Gasteiger partial charge < -0.3 is 9.47 Å². The Morgan fingerprint density at radius 2 is 2.15 bits per heavy atom. The number of likely N-dealkylation sites (tertiary alicyclic amines) is 1. The Morgan fingerprint density at radius 3 is 2.85 bits per heavy atom. The molecule has 1 fully saturated rings. The maximum atomic E-state index is 13.3. The summed E-state index contributed by atoms with van der Waals surface area (Å²) in [5, 5.41) is 0. The molecule has 1 aliphatic rings. The van der Waals surface area contributed by atoms with Crippen LogP contribution < -0.4 is 0 Å². The zero-order valence-corrected chi connectivity index (χ0v) is 11.4. The van der Waals surface area contributed by atoms with Crippen LogP contribution in [-0.4, -0.2) is 21.9 Å². The molecule has 0 N–H and O–H groups in total. The molecule has 2 aromatic rings. The maximum absolute atomic E-state index is 13.3. The minimum Gasteiger partial charge on any atom is -0.353 e. The van der Waals surface area contributed by atoms with Gasteiger partial charge in [-0.2, -0.15) is 0 Å². The highest BCUT2D eigenvalue weighted by molar-refractivity contribution is 5.94. The van der Waals surface area contributed by atoms with E-state index in [4.69, 9.17) is 0 Å². The van der Waals surface area contributed by atoms with Gasteiger partial charge >= 0.3 is 0 Å². The molecule has 1 atom stereocenters. The molecule has 0 aliphatic carbocycles. The van der Waals surface area contributed by atoms with Crippen LogP contribution in [0, 0.1) is 5.82 Å². The summed E-state index contributed by atoms with van der Waals surface area (Å²) >= 11 is 0. The van der Waals surface area contributed by atoms with Gasteiger partial charge in [0.15, 0.2) is 0 Å². The van der Waals surface area contributed by atoms with Gasteiger partial charge in [0, 0.05) is 31.0 Å². The summed E-state index contributed by atoms with van der Waals surface area (Å²) in [6.45, 7) is 0.727. The minimum atomic E-state index is -0.370. The fourth-order valence-electron chi connectivity index (χ4n) is 2.93. The van der Waals surface area contributed by atoms with Crippen LogP contribution in [0.1, 0.15) is 34.9 Å². The minimum absolute atomic E-state index is 0.0887. The summed E-state index contributed by atoms with van der Waals surface area (Å²) in [5.74, 6) is -0.460. The molecule has 1 saturated heterocycles. The number of nitrogens with zero attached hydrogens (tertiary/aromatic N) is 2. The lowest BCUT2D eigenvalue weighted by molar-refractivity contribution is 0.0730. The summed E-state index contributed by atoms with van der Waals surface area (Å²) in [4.78, 5) is 14.4. The Balaban J connectivity index is 1.89. The summed E-state index contributed by atoms with van der Waals surface area (Å²) in [7, 11) is 1.98. The number of hydrogen-bond acceptors (Lipinski definition) is 1. The normalized spacial score (nSPS) is 18.5. The van der Waals surface area contributed by atoms with Crippen molar-refractivity contribution in [3.8, 4) is 0 Å². The van der Waals surface area contributed by atoms with E-state index in [0.29, 0.717) is 5.56 Å². The van der Waals surface area contributed by atoms with Gasteiger partial charge in [-0.1, -0.05) is 6.07 Å². The molecule has 1 amide bonds. The summed E-state index contributed by atoms with van der Waals surface area (Å²) < 4.78 is 15.3. The average Bonchev–Trinajstić information content (AvgIpc) is 3.06. The van der Waals surface area contributed by atoms with Crippen molar-refractivity contribution in [2.75, 3.05) is 6.54 Å². The highest BCUT2D eigenvalue weighted by Gasteiger charge is 2.31. The first-order chi connectivity index (χ1) is 9.66. The van der Waals surface area contributed by atoms with Gasteiger partial charge in [0.25, 0.3) is 5.91 Å². The Hall–Kier alpha value is -2.10. The SMILES string of the molecule is Cn1cccc1C1CCCN1C(=O)c1cccc(F)c1. The average molecular weight is 272 g/mol. The van der Waals surface area contributed by atoms with Crippen molar-refractivity contribution in [2.24, 2.45) is 7.05 Å². The standard InChI is InChI=1S/C16H17FN2O/c1-18-9-3-7-14(18)15-8-4-10-19(15)16(20)12-5-2-6-13(17)11-12/h2-3,5-7,9,11,15H,4,8,10H2,1H3. The molecule has 1 aromatic carbocycles. The molecule has 0 spiro atoms. The molecular weight excluding hydrogens is 255 g/mol. The maximum Gasteiger partial charge on any atom is 0.254 e. The van der Waals surface area contributed by atoms with Crippen LogP contribution >= 0.6 is 0 Å². The number of carbonyl (C=O) groups is 1. The molecule has 0 bridgehead atoms. The van der Waals surface area contributed by atoms with Crippen LogP contribution in [0.3, 0.4) is 0 Å². The number of hydrogen-bond donors (Lipinski definition) is 0. The highest BCUT2D eigenvalue weighted by Crippen LogP contribution is 2.33. The Labute approximate surface area is 117 Å². The van der Waals surface area contributed by atoms with Crippen molar-refractivity contribution in [2.45, 2.75) is 18.9 Å². The Morgan fingerprint density at radius 1 is 1.30 bits per heavy atom. The second kappa shape index (κ2) is 5.12. The van der Waals surface area contributed by atoms with Crippen LogP contribution in [0.4, 0.5) is 4.39 Å². The quantitative estimate of drug-likeness (QED) is 0.824. The molecule has 104 valence electrons. The van der Waals surface area contributed by atoms with Crippen LogP contribution in [0.2, 0.25) is 0 Å². The van der Waals surface area contributed by atoms with E-state index in [1.54, 1.807) is 12.1 Å². The van der Waals surface area contributed by atoms with Crippen LogP contribution in [-0.2, 0) is 7.05 Å². The van der Waals surface area contributed by atoms with E-state index in [1.807, 2.05) is 34.8 Å². The first kappa shape index (κ1) is 12.9. The third-order valence-electron chi connectivity index (χ3n) is 3.91. The lowest BCUT2D eigenvalue weighted by Gasteiger charge is -2.25. The molecule has 1 aromatic heterocycles. The predicted octanol–water partition coefficient (Wildman–Crippen LogP) is 3.14. The van der Waals surface area contributed by atoms with Crippen molar-refractivity contribution in [3.05, 3.63) is 59.7 Å². The number of carbonyl (C=O) groups excluding carboxylic acids is 1. The van der Waals surface area contributed by atoms with Crippen molar-refractivity contribution in [1.82, 2.24) is 9.47 Å². The summed E-state index contributed by atoms with van der Waals surface area (Å²) in [6, 6.07) is 10.0. The van der Waals surface area contributed by atoms with Crippen molar-refractivity contribution in [3.63, 3.8) is 0 Å². The third-order valence-corrected chi connectivity index (χ3v) is 3.91. The van der Waals surface area contributed by atoms with E-state index < -0.39 is 0 Å². The predicted molar refractivity (Wildman–Crippen MR) is 74.8 cm³/mol. The number of rotatable bonds is 2. The first-order valence-corrected chi connectivity index (χ1v) is 6.84. The smallest absolute Gasteiger partial charge is 0.254 e. The summed E-state index contributed by atoms with van der Waals surface area (Å²) in [5.41, 5.74) is 1.55. The van der Waals surface area contributed by atoms with E-state index in [2.05, 4.69) is 0 Å². The molecule has 20 heavy (non-hydrogen) atoms. The monoisotopic (exact) mass is 272 g/mol. The number of halogens is 1. The summed E-state index contributed by atoms with van der Waals surface area (Å²) in [6.07, 6.45) is 3.92. The zero-order valence-electron chi connectivity index (χ0n) is 11.4. The van der Waals surface area contributed by atoms with Crippen molar-refractivity contribution < 1.29 is 9.18 Å². The molecule has 3 nitrogen and oxygen atoms in total. The van der Waals surface area contributed by atoms with E-state index in [1.165, 1.54) is 12.1 Å². The third kappa shape index (κ3) is 2.22. The van der Waals surface area contributed by atoms with Crippen molar-refractivity contribution >= 4 is 5.91 Å². The van der Waals surface area contributed by atoms with Gasteiger partial charge in [-0.25, -0.2) is 4.39 Å². The van der Waals surface area contributed by atoms with E-state index >= 15 is 0 Å². The molecule has 1 aliphatic heterocycles. The van der Waals surface area contributed by atoms with Gasteiger partial charge in [0.05, 0.1) is 6.04 Å². The van der Waals surface area contributed by atoms with Gasteiger partial charge in [0.2, 0.25) is 0 Å². The molecule has 4 heteroatoms. The zero-order chi connectivity index (χ0) is 14.1. The molecular formula is C16H17FN2O. The molecule has 1 unspecified atom stereocenters. The van der Waals surface area contributed by atoms with Crippen LogP contribution in [0.25, 0.3) is 0 Å². The van der Waals surface area contributed by atoms with Gasteiger partial charge in [-0.05, 0) is 43.2 Å². The largest absolute Gasteiger partial charge is 0.353 e. The lowest BCUT2D eigenvalue weighted by Crippen LogP contribution is -2.31. The van der Waals surface area contributed by atoms with Crippen LogP contribution in [0.15, 0.2) is 42.6 Å². The van der Waals surface area contributed by atoms with Gasteiger partial charge in [0.1, 0.15) is 5.82 Å². The van der Waals surface area contributed by atoms with E-state index in [9.17, 15) is 9.18 Å². The second-order valence-corrected chi connectivity index (χ2v) is 5.21. The van der Waals surface area contributed by atoms with Crippen LogP contribution in [0.5, 0.6) is 0 Å². The van der Waals surface area contributed by atoms with E-state index in [0.717, 1.165) is 25.1 Å². The Kier molecular flexibility index (Phi) is 3.30. The van der Waals surface area contributed by atoms with E-state index in [-0.39, 0.29) is 17.8 Å². The fraction of sp³-hybridized carbons (Fsp3) is 0.312. The van der Waals surface area contributed by atoms with Gasteiger partial charge in [-0.3, -0.25) is 4.79 Å². The van der Waals surface area contributed by atoms with Gasteiger partial charge in [-0.15, -0.1) is 0 Å². The Bertz CT molecular complexity index is 635. The first-order valence-electron chi connectivity index (χ1n) is 6.84.